The summed E-state index contributed by atoms with van der Waals surface area (Å²) in [4.78, 5) is -0.125. The lowest BCUT2D eigenvalue weighted by Crippen LogP contribution is -2.23. The fourth-order valence-corrected chi connectivity index (χ4v) is 3.04. The SMILES string of the molecule is O=S(=O)(NCc1cccc(Cl)c1)c1ccc(Br)c(F)c1. The maximum atomic E-state index is 13.4. The molecule has 0 heterocycles. The van der Waals surface area contributed by atoms with Gasteiger partial charge in [-0.2, -0.15) is 0 Å². The second-order valence-corrected chi connectivity index (χ2v) is 7.09. The lowest BCUT2D eigenvalue weighted by molar-refractivity contribution is 0.576. The van der Waals surface area contributed by atoms with Gasteiger partial charge in [-0.3, -0.25) is 0 Å². The average molecular weight is 379 g/mol. The molecule has 0 aromatic heterocycles. The normalized spacial score (nSPS) is 11.6. The Bertz CT molecular complexity index is 737. The van der Waals surface area contributed by atoms with Crippen molar-refractivity contribution in [2.24, 2.45) is 0 Å². The zero-order valence-corrected chi connectivity index (χ0v) is 13.3. The first-order chi connectivity index (χ1) is 9.38. The van der Waals surface area contributed by atoms with Crippen molar-refractivity contribution in [2.45, 2.75) is 11.4 Å². The Hall–Kier alpha value is -0.950. The third kappa shape index (κ3) is 3.79. The Kier molecular flexibility index (Phi) is 4.80. The van der Waals surface area contributed by atoms with Crippen molar-refractivity contribution in [1.29, 1.82) is 0 Å². The van der Waals surface area contributed by atoms with Gasteiger partial charge < -0.3 is 0 Å². The van der Waals surface area contributed by atoms with Crippen LogP contribution in [0, 0.1) is 5.82 Å². The molecule has 106 valence electrons. The quantitative estimate of drug-likeness (QED) is 0.881. The van der Waals surface area contributed by atoms with Crippen molar-refractivity contribution in [3.8, 4) is 0 Å². The third-order valence-corrected chi connectivity index (χ3v) is 4.83. The van der Waals surface area contributed by atoms with Crippen LogP contribution < -0.4 is 4.72 Å². The van der Waals surface area contributed by atoms with E-state index in [4.69, 9.17) is 11.6 Å². The molecule has 2 rings (SSSR count). The molecule has 0 aliphatic heterocycles. The average Bonchev–Trinajstić information content (AvgIpc) is 2.40. The van der Waals surface area contributed by atoms with Gasteiger partial charge in [0.05, 0.1) is 9.37 Å². The van der Waals surface area contributed by atoms with Crippen molar-refractivity contribution < 1.29 is 12.8 Å². The zero-order valence-electron chi connectivity index (χ0n) is 10.1. The number of rotatable bonds is 4. The van der Waals surface area contributed by atoms with Crippen LogP contribution in [0.25, 0.3) is 0 Å². The van der Waals surface area contributed by atoms with Crippen LogP contribution in [0.1, 0.15) is 5.56 Å². The van der Waals surface area contributed by atoms with Gasteiger partial charge in [-0.1, -0.05) is 23.7 Å². The lowest BCUT2D eigenvalue weighted by Gasteiger charge is -2.07. The number of halogens is 3. The van der Waals surface area contributed by atoms with Crippen LogP contribution in [0.15, 0.2) is 51.8 Å². The summed E-state index contributed by atoms with van der Waals surface area (Å²) in [5.74, 6) is -0.629. The van der Waals surface area contributed by atoms with Crippen LogP contribution in [0.4, 0.5) is 4.39 Å². The van der Waals surface area contributed by atoms with Crippen LogP contribution in [0.2, 0.25) is 5.02 Å². The summed E-state index contributed by atoms with van der Waals surface area (Å²) >= 11 is 8.79. The van der Waals surface area contributed by atoms with Crippen molar-refractivity contribution in [1.82, 2.24) is 4.72 Å². The van der Waals surface area contributed by atoms with Gasteiger partial charge in [0.1, 0.15) is 5.82 Å². The summed E-state index contributed by atoms with van der Waals surface area (Å²) in [6.07, 6.45) is 0. The number of benzene rings is 2. The van der Waals surface area contributed by atoms with Gasteiger partial charge in [0.25, 0.3) is 0 Å². The van der Waals surface area contributed by atoms with Crippen molar-refractivity contribution >= 4 is 37.6 Å². The summed E-state index contributed by atoms with van der Waals surface area (Å²) in [5.41, 5.74) is 0.721. The van der Waals surface area contributed by atoms with Gasteiger partial charge >= 0.3 is 0 Å². The Labute approximate surface area is 130 Å². The standard InChI is InChI=1S/C13H10BrClFNO2S/c14-12-5-4-11(7-13(12)16)20(18,19)17-8-9-2-1-3-10(15)6-9/h1-7,17H,8H2. The van der Waals surface area contributed by atoms with Crippen molar-refractivity contribution in [3.05, 3.63) is 63.3 Å². The summed E-state index contributed by atoms with van der Waals surface area (Å²) in [6.45, 7) is 0.0839. The molecule has 0 aliphatic carbocycles. The molecular weight excluding hydrogens is 369 g/mol. The maximum absolute atomic E-state index is 13.4. The van der Waals surface area contributed by atoms with Gasteiger partial charge in [0.2, 0.25) is 10.0 Å². The second kappa shape index (κ2) is 6.22. The van der Waals surface area contributed by atoms with E-state index in [1.807, 2.05) is 0 Å². The minimum Gasteiger partial charge on any atom is -0.207 e. The van der Waals surface area contributed by atoms with E-state index < -0.39 is 15.8 Å². The molecule has 0 amide bonds. The van der Waals surface area contributed by atoms with E-state index in [1.165, 1.54) is 12.1 Å². The Morgan fingerprint density at radius 3 is 2.60 bits per heavy atom. The van der Waals surface area contributed by atoms with Gasteiger partial charge in [-0.05, 0) is 51.8 Å². The second-order valence-electron chi connectivity index (χ2n) is 4.03. The summed E-state index contributed by atoms with van der Waals surface area (Å²) in [7, 11) is -3.76. The fourth-order valence-electron chi connectivity index (χ4n) is 1.55. The molecule has 0 fully saturated rings. The third-order valence-electron chi connectivity index (χ3n) is 2.56. The minimum absolute atomic E-state index is 0.0839. The first-order valence-electron chi connectivity index (χ1n) is 5.58. The van der Waals surface area contributed by atoms with Crippen LogP contribution in [-0.2, 0) is 16.6 Å². The fraction of sp³-hybridized carbons (Fsp3) is 0.0769. The molecule has 0 spiro atoms. The number of nitrogens with one attached hydrogen (secondary N) is 1. The zero-order chi connectivity index (χ0) is 14.8. The van der Waals surface area contributed by atoms with Gasteiger partial charge in [-0.15, -0.1) is 0 Å². The summed E-state index contributed by atoms with van der Waals surface area (Å²) in [5, 5.41) is 0.524. The highest BCUT2D eigenvalue weighted by Crippen LogP contribution is 2.19. The Morgan fingerprint density at radius 2 is 1.95 bits per heavy atom. The van der Waals surface area contributed by atoms with E-state index in [0.29, 0.717) is 5.02 Å². The van der Waals surface area contributed by atoms with E-state index in [9.17, 15) is 12.8 Å². The molecule has 0 atom stereocenters. The molecule has 7 heteroatoms. The highest BCUT2D eigenvalue weighted by molar-refractivity contribution is 9.10. The molecule has 0 bridgehead atoms. The maximum Gasteiger partial charge on any atom is 0.240 e. The molecule has 0 radical (unpaired) electrons. The number of sulfonamides is 1. The number of hydrogen-bond donors (Lipinski definition) is 1. The molecule has 2 aromatic carbocycles. The molecular formula is C13H10BrClFNO2S. The Morgan fingerprint density at radius 1 is 1.20 bits per heavy atom. The van der Waals surface area contributed by atoms with Crippen LogP contribution in [0.5, 0.6) is 0 Å². The van der Waals surface area contributed by atoms with Crippen LogP contribution in [-0.4, -0.2) is 8.42 Å². The summed E-state index contributed by atoms with van der Waals surface area (Å²) in [6, 6.07) is 10.5. The van der Waals surface area contributed by atoms with E-state index >= 15 is 0 Å². The molecule has 1 N–H and O–H groups in total. The molecule has 3 nitrogen and oxygen atoms in total. The first-order valence-corrected chi connectivity index (χ1v) is 8.23. The smallest absolute Gasteiger partial charge is 0.207 e. The van der Waals surface area contributed by atoms with E-state index in [-0.39, 0.29) is 15.9 Å². The molecule has 0 aliphatic rings. The predicted octanol–water partition coefficient (Wildman–Crippen LogP) is 3.72. The first kappa shape index (κ1) is 15.4. The molecule has 0 saturated carbocycles. The monoisotopic (exact) mass is 377 g/mol. The molecule has 2 aromatic rings. The molecule has 0 saturated heterocycles. The highest BCUT2D eigenvalue weighted by Gasteiger charge is 2.15. The minimum atomic E-state index is -3.76. The predicted molar refractivity (Wildman–Crippen MR) is 79.6 cm³/mol. The Balaban J connectivity index is 2.17. The van der Waals surface area contributed by atoms with Gasteiger partial charge in [-0.25, -0.2) is 17.5 Å². The van der Waals surface area contributed by atoms with Crippen LogP contribution >= 0.6 is 27.5 Å². The highest BCUT2D eigenvalue weighted by atomic mass is 79.9. The summed E-state index contributed by atoms with van der Waals surface area (Å²) < 4.78 is 40.0. The van der Waals surface area contributed by atoms with E-state index in [0.717, 1.165) is 11.6 Å². The van der Waals surface area contributed by atoms with Crippen molar-refractivity contribution in [3.63, 3.8) is 0 Å². The van der Waals surface area contributed by atoms with E-state index in [2.05, 4.69) is 20.7 Å². The topological polar surface area (TPSA) is 46.2 Å². The van der Waals surface area contributed by atoms with E-state index in [1.54, 1.807) is 24.3 Å². The lowest BCUT2D eigenvalue weighted by atomic mass is 10.2. The molecule has 20 heavy (non-hydrogen) atoms. The van der Waals surface area contributed by atoms with Gasteiger partial charge in [0, 0.05) is 11.6 Å². The van der Waals surface area contributed by atoms with Gasteiger partial charge in [0.15, 0.2) is 0 Å². The van der Waals surface area contributed by atoms with Crippen LogP contribution in [0.3, 0.4) is 0 Å². The van der Waals surface area contributed by atoms with Crippen molar-refractivity contribution in [2.75, 3.05) is 0 Å². The largest absolute Gasteiger partial charge is 0.240 e. The molecule has 0 unspecified atom stereocenters. The number of hydrogen-bond acceptors (Lipinski definition) is 2.